The van der Waals surface area contributed by atoms with Gasteiger partial charge in [-0.05, 0) is 24.6 Å². The first-order valence-corrected chi connectivity index (χ1v) is 6.74. The molecule has 0 atom stereocenters. The van der Waals surface area contributed by atoms with Crippen molar-refractivity contribution in [3.05, 3.63) is 23.0 Å². The molecule has 0 saturated heterocycles. The fourth-order valence-electron chi connectivity index (χ4n) is 0.887. The van der Waals surface area contributed by atoms with Gasteiger partial charge in [0.2, 0.25) is 0 Å². The van der Waals surface area contributed by atoms with Gasteiger partial charge in [0.15, 0.2) is 11.1 Å². The number of nitrogens with two attached hydrogens (primary N) is 1. The highest BCUT2D eigenvalue weighted by Crippen LogP contribution is 2.33. The maximum Gasteiger partial charge on any atom is 0.166 e. The smallest absolute Gasteiger partial charge is 0.166 e. The van der Waals surface area contributed by atoms with Gasteiger partial charge >= 0.3 is 0 Å². The Morgan fingerprint density at radius 2 is 2.13 bits per heavy atom. The van der Waals surface area contributed by atoms with Crippen molar-refractivity contribution in [2.24, 2.45) is 4.36 Å². The highest BCUT2D eigenvalue weighted by molar-refractivity contribution is 8.01. The molecule has 0 fully saturated rings. The lowest BCUT2D eigenvalue weighted by molar-refractivity contribution is 0.571. The topological polar surface area (TPSA) is 55.5 Å². The number of halogens is 2. The molecule has 0 aliphatic heterocycles. The van der Waals surface area contributed by atoms with Crippen LogP contribution in [0.1, 0.15) is 0 Å². The fourth-order valence-corrected chi connectivity index (χ4v) is 1.80. The van der Waals surface area contributed by atoms with Crippen molar-refractivity contribution < 1.29 is 9.18 Å². The molecular weight excluding hydrogens is 239 g/mol. The molecule has 3 nitrogen and oxygen atoms in total. The van der Waals surface area contributed by atoms with Crippen LogP contribution in [0.4, 0.5) is 15.8 Å². The minimum atomic E-state index is -1.99. The van der Waals surface area contributed by atoms with Crippen LogP contribution in [-0.2, 0) is 14.2 Å². The van der Waals surface area contributed by atoms with Gasteiger partial charge in [-0.15, -0.1) is 0 Å². The number of hydrogen-bond donors (Lipinski definition) is 1. The van der Waals surface area contributed by atoms with Crippen molar-refractivity contribution in [2.75, 3.05) is 18.2 Å². The number of hydrogen-bond acceptors (Lipinski definition) is 3. The Morgan fingerprint density at radius 3 is 2.67 bits per heavy atom. The van der Waals surface area contributed by atoms with E-state index in [0.717, 1.165) is 0 Å². The molecule has 0 unspecified atom stereocenters. The van der Waals surface area contributed by atoms with E-state index in [-0.39, 0.29) is 16.4 Å². The van der Waals surface area contributed by atoms with Crippen molar-refractivity contribution in [1.82, 2.24) is 0 Å². The van der Waals surface area contributed by atoms with Crippen molar-refractivity contribution in [3.8, 4) is 0 Å². The predicted molar refractivity (Wildman–Crippen MR) is 62.8 cm³/mol. The normalized spacial score (nSPS) is 10.9. The second-order valence-electron chi connectivity index (χ2n) is 3.25. The van der Waals surface area contributed by atoms with Crippen LogP contribution in [0.5, 0.6) is 0 Å². The summed E-state index contributed by atoms with van der Waals surface area (Å²) in [4.78, 5) is 10.6. The van der Waals surface area contributed by atoms with Gasteiger partial charge in [-0.3, -0.25) is 0 Å². The molecule has 0 aromatic heterocycles. The highest BCUT2D eigenvalue weighted by atomic mass is 35.5. The molecule has 1 aromatic carbocycles. The van der Waals surface area contributed by atoms with Gasteiger partial charge in [-0.1, -0.05) is 21.0 Å². The quantitative estimate of drug-likeness (QED) is 0.613. The van der Waals surface area contributed by atoms with E-state index in [1.807, 2.05) is 0 Å². The second-order valence-corrected chi connectivity index (χ2v) is 6.52. The summed E-state index contributed by atoms with van der Waals surface area (Å²) < 4.78 is 17.3. The Kier molecular flexibility index (Phi) is 3.39. The first-order valence-electron chi connectivity index (χ1n) is 3.96. The lowest BCUT2D eigenvalue weighted by Gasteiger charge is -2.05. The maximum atomic E-state index is 13.3. The summed E-state index contributed by atoms with van der Waals surface area (Å²) in [5.41, 5.74) is 5.67. The van der Waals surface area contributed by atoms with E-state index < -0.39 is 15.2 Å². The molecule has 6 heteroatoms. The second kappa shape index (κ2) is 4.23. The van der Waals surface area contributed by atoms with Crippen LogP contribution in [0.2, 0.25) is 5.02 Å². The van der Waals surface area contributed by atoms with Crippen molar-refractivity contribution in [3.63, 3.8) is 0 Å². The number of rotatable bonds is 1. The lowest BCUT2D eigenvalue weighted by atomic mass is 10.3. The number of nitrogen functional groups attached to an aromatic ring is 1. The van der Waals surface area contributed by atoms with E-state index >= 15 is 0 Å². The van der Waals surface area contributed by atoms with Crippen molar-refractivity contribution in [1.29, 1.82) is 0 Å². The van der Waals surface area contributed by atoms with Gasteiger partial charge in [0, 0.05) is 0 Å². The highest BCUT2D eigenvalue weighted by Gasteiger charge is 2.09. The third-order valence-electron chi connectivity index (χ3n) is 1.62. The predicted octanol–water partition coefficient (Wildman–Crippen LogP) is 2.36. The first kappa shape index (κ1) is 12.0. The van der Waals surface area contributed by atoms with E-state index in [9.17, 15) is 9.18 Å². The number of anilines is 1. The minimum Gasteiger partial charge on any atom is -0.397 e. The monoisotopic (exact) mass is 248 g/mol. The van der Waals surface area contributed by atoms with Crippen LogP contribution < -0.4 is 5.73 Å². The molecule has 0 aliphatic carbocycles. The van der Waals surface area contributed by atoms with E-state index in [2.05, 4.69) is 4.36 Å². The SMILES string of the molecule is CS(C)(=C=O)=Nc1c(F)ccc(N)c1Cl. The average Bonchev–Trinajstić information content (AvgIpc) is 2.19. The van der Waals surface area contributed by atoms with Gasteiger partial charge in [-0.25, -0.2) is 13.5 Å². The maximum absolute atomic E-state index is 13.3. The van der Waals surface area contributed by atoms with E-state index in [1.165, 1.54) is 12.1 Å². The van der Waals surface area contributed by atoms with Crippen LogP contribution in [0.3, 0.4) is 0 Å². The molecule has 0 heterocycles. The first-order chi connectivity index (χ1) is 6.87. The summed E-state index contributed by atoms with van der Waals surface area (Å²) in [6.07, 6.45) is 3.16. The van der Waals surface area contributed by atoms with Gasteiger partial charge in [0.05, 0.1) is 10.7 Å². The standard InChI is InChI=1S/C9H10ClFN2OS/c1-15(2,5-14)13-9-6(11)3-4-7(12)8(9)10/h3-4H,12H2,1-2H3. The molecule has 1 aromatic rings. The Labute approximate surface area is 92.7 Å². The van der Waals surface area contributed by atoms with Crippen LogP contribution in [0.15, 0.2) is 16.5 Å². The van der Waals surface area contributed by atoms with Gasteiger partial charge in [-0.2, -0.15) is 0 Å². The summed E-state index contributed by atoms with van der Waals surface area (Å²) in [6, 6.07) is 2.52. The van der Waals surface area contributed by atoms with Gasteiger partial charge in [0.25, 0.3) is 0 Å². The molecule has 0 bridgehead atoms. The van der Waals surface area contributed by atoms with Crippen molar-refractivity contribution in [2.45, 2.75) is 0 Å². The molecule has 1 rings (SSSR count). The number of benzene rings is 1. The average molecular weight is 249 g/mol. The van der Waals surface area contributed by atoms with Gasteiger partial charge < -0.3 is 5.73 Å². The van der Waals surface area contributed by atoms with Gasteiger partial charge in [0.1, 0.15) is 5.69 Å². The lowest BCUT2D eigenvalue weighted by Crippen LogP contribution is -1.94. The van der Waals surface area contributed by atoms with Crippen molar-refractivity contribution >= 4 is 37.6 Å². The Balaban J connectivity index is 3.60. The summed E-state index contributed by atoms with van der Waals surface area (Å²) in [6.45, 7) is 0. The van der Waals surface area contributed by atoms with Crippen LogP contribution in [0, 0.1) is 5.82 Å². The minimum absolute atomic E-state index is 0.0332. The van der Waals surface area contributed by atoms with Crippen LogP contribution in [-0.4, -0.2) is 17.7 Å². The number of carbonyl (C=O) groups excluding carboxylic acids is 1. The third-order valence-corrected chi connectivity index (χ3v) is 3.06. The van der Waals surface area contributed by atoms with E-state index in [0.29, 0.717) is 0 Å². The summed E-state index contributed by atoms with van der Waals surface area (Å²) in [5, 5.41) is 1.80. The zero-order valence-corrected chi connectivity index (χ0v) is 9.82. The summed E-state index contributed by atoms with van der Waals surface area (Å²) in [7, 11) is -1.99. The Morgan fingerprint density at radius 1 is 1.53 bits per heavy atom. The van der Waals surface area contributed by atoms with Crippen LogP contribution >= 0.6 is 11.6 Å². The van der Waals surface area contributed by atoms with E-state index in [1.54, 1.807) is 17.7 Å². The molecule has 2 N–H and O–H groups in total. The van der Waals surface area contributed by atoms with E-state index in [4.69, 9.17) is 17.3 Å². The summed E-state index contributed by atoms with van der Waals surface area (Å²) >= 11 is 5.79. The molecule has 0 amide bonds. The Hall–Kier alpha value is -1.03. The molecular formula is C9H10ClFN2OS. The third kappa shape index (κ3) is 2.72. The molecule has 0 saturated carbocycles. The molecule has 0 spiro atoms. The largest absolute Gasteiger partial charge is 0.397 e. The zero-order chi connectivity index (χ0) is 11.6. The summed E-state index contributed by atoms with van der Waals surface area (Å²) in [5.74, 6) is -0.593. The number of nitrogens with zero attached hydrogens (tertiary/aromatic N) is 1. The fraction of sp³-hybridized carbons (Fsp3) is 0.222. The zero-order valence-electron chi connectivity index (χ0n) is 8.25. The molecule has 0 aliphatic rings. The molecule has 15 heavy (non-hydrogen) atoms. The van der Waals surface area contributed by atoms with Crippen LogP contribution in [0.25, 0.3) is 0 Å². The Bertz CT molecular complexity index is 535. The molecule has 82 valence electrons. The molecule has 0 radical (unpaired) electrons.